The third-order valence-corrected chi connectivity index (χ3v) is 6.73. The Balaban J connectivity index is 1.31. The van der Waals surface area contributed by atoms with Crippen LogP contribution in [0.25, 0.3) is 0 Å². The number of carbonyl (C=O) groups is 2. The molecular weight excluding hydrogens is 432 g/mol. The topological polar surface area (TPSA) is 58.6 Å². The van der Waals surface area contributed by atoms with Crippen molar-refractivity contribution < 1.29 is 14.3 Å². The number of hydrogen-bond donors (Lipinski definition) is 1. The normalized spacial score (nSPS) is 15.5. The number of hydrogen-bond acceptors (Lipinski definition) is 4. The van der Waals surface area contributed by atoms with Gasteiger partial charge in [-0.05, 0) is 60.4 Å². The monoisotopic (exact) mass is 460 g/mol. The van der Waals surface area contributed by atoms with Crippen LogP contribution in [-0.2, 0) is 11.3 Å². The average molecular weight is 461 g/mol. The summed E-state index contributed by atoms with van der Waals surface area (Å²) in [6, 6.07) is 23.6. The number of aryl methyl sites for hydroxylation is 2. The highest BCUT2D eigenvalue weighted by Crippen LogP contribution is 2.39. The van der Waals surface area contributed by atoms with Crippen molar-refractivity contribution in [2.45, 2.75) is 25.8 Å². The summed E-state index contributed by atoms with van der Waals surface area (Å²) in [5, 5.41) is 2.86. The van der Waals surface area contributed by atoms with Crippen LogP contribution in [0.2, 0.25) is 0 Å². The van der Waals surface area contributed by atoms with E-state index in [0.29, 0.717) is 31.0 Å². The van der Waals surface area contributed by atoms with Crippen LogP contribution >= 0.6 is 11.8 Å². The minimum atomic E-state index is -0.137. The number of benzene rings is 3. The molecule has 1 heterocycles. The predicted molar refractivity (Wildman–Crippen MR) is 132 cm³/mol. The Labute approximate surface area is 199 Å². The predicted octanol–water partition coefficient (Wildman–Crippen LogP) is 4.89. The van der Waals surface area contributed by atoms with Crippen molar-refractivity contribution >= 4 is 23.6 Å². The van der Waals surface area contributed by atoms with E-state index in [1.54, 1.807) is 11.8 Å². The van der Waals surface area contributed by atoms with Crippen molar-refractivity contribution in [2.24, 2.45) is 0 Å². The van der Waals surface area contributed by atoms with Gasteiger partial charge in [-0.1, -0.05) is 48.5 Å². The molecule has 1 saturated heterocycles. The maximum absolute atomic E-state index is 12.5. The van der Waals surface area contributed by atoms with Gasteiger partial charge < -0.3 is 15.0 Å². The first-order chi connectivity index (χ1) is 16.0. The van der Waals surface area contributed by atoms with Gasteiger partial charge in [0.05, 0.1) is 12.3 Å². The second-order valence-corrected chi connectivity index (χ2v) is 9.29. The van der Waals surface area contributed by atoms with Crippen LogP contribution < -0.4 is 10.1 Å². The molecule has 1 aliphatic heterocycles. The second kappa shape index (κ2) is 10.6. The summed E-state index contributed by atoms with van der Waals surface area (Å²) in [5.74, 6) is 1.29. The molecule has 3 aromatic rings. The summed E-state index contributed by atoms with van der Waals surface area (Å²) < 4.78 is 5.76. The van der Waals surface area contributed by atoms with Gasteiger partial charge in [0.25, 0.3) is 5.91 Å². The van der Waals surface area contributed by atoms with Gasteiger partial charge in [0.2, 0.25) is 5.91 Å². The molecule has 0 saturated carbocycles. The summed E-state index contributed by atoms with van der Waals surface area (Å²) in [7, 11) is 0. The van der Waals surface area contributed by atoms with E-state index in [9.17, 15) is 9.59 Å². The van der Waals surface area contributed by atoms with Gasteiger partial charge >= 0.3 is 0 Å². The molecule has 2 amide bonds. The van der Waals surface area contributed by atoms with Gasteiger partial charge in [-0.15, -0.1) is 11.8 Å². The van der Waals surface area contributed by atoms with Gasteiger partial charge in [-0.3, -0.25) is 9.59 Å². The maximum Gasteiger partial charge on any atom is 0.251 e. The first-order valence-corrected chi connectivity index (χ1v) is 12.1. The number of thioether (sulfide) groups is 1. The highest BCUT2D eigenvalue weighted by Gasteiger charge is 2.32. The molecule has 1 atom stereocenters. The SMILES string of the molecule is Cc1cc(C)cc(OCCNC(=O)c2ccc(C3SCC(=O)N3Cc3ccccc3)cc2)c1. The average Bonchev–Trinajstić information content (AvgIpc) is 3.17. The summed E-state index contributed by atoms with van der Waals surface area (Å²) >= 11 is 1.62. The number of carbonyl (C=O) groups excluding carboxylic acids is 2. The fraction of sp³-hybridized carbons (Fsp3) is 0.259. The van der Waals surface area contributed by atoms with Crippen molar-refractivity contribution in [1.29, 1.82) is 0 Å². The Morgan fingerprint density at radius 1 is 1.03 bits per heavy atom. The van der Waals surface area contributed by atoms with Crippen LogP contribution in [0.4, 0.5) is 0 Å². The molecule has 1 unspecified atom stereocenters. The molecule has 1 N–H and O–H groups in total. The van der Waals surface area contributed by atoms with Crippen LogP contribution in [0.3, 0.4) is 0 Å². The van der Waals surface area contributed by atoms with Crippen LogP contribution in [0.15, 0.2) is 72.8 Å². The highest BCUT2D eigenvalue weighted by atomic mass is 32.2. The minimum absolute atomic E-state index is 0.0407. The first kappa shape index (κ1) is 22.9. The molecule has 0 radical (unpaired) electrons. The van der Waals surface area contributed by atoms with Crippen LogP contribution in [-0.4, -0.2) is 35.6 Å². The molecule has 170 valence electrons. The molecule has 1 aliphatic rings. The lowest BCUT2D eigenvalue weighted by Gasteiger charge is -2.24. The molecule has 33 heavy (non-hydrogen) atoms. The number of ether oxygens (including phenoxy) is 1. The summed E-state index contributed by atoms with van der Waals surface area (Å²) in [6.45, 7) is 5.48. The zero-order valence-electron chi connectivity index (χ0n) is 18.9. The molecule has 0 aliphatic carbocycles. The van der Waals surface area contributed by atoms with Gasteiger partial charge in [-0.2, -0.15) is 0 Å². The van der Waals surface area contributed by atoms with E-state index in [-0.39, 0.29) is 17.2 Å². The molecule has 1 fully saturated rings. The fourth-order valence-electron chi connectivity index (χ4n) is 3.93. The van der Waals surface area contributed by atoms with E-state index in [2.05, 4.69) is 11.4 Å². The zero-order valence-corrected chi connectivity index (χ0v) is 19.7. The van der Waals surface area contributed by atoms with Crippen molar-refractivity contribution in [1.82, 2.24) is 10.2 Å². The molecule has 6 heteroatoms. The smallest absolute Gasteiger partial charge is 0.251 e. The van der Waals surface area contributed by atoms with Crippen molar-refractivity contribution in [3.8, 4) is 5.75 Å². The van der Waals surface area contributed by atoms with Crippen LogP contribution in [0.1, 0.15) is 38.0 Å². The standard InChI is InChI=1S/C27H28N2O3S/c1-19-14-20(2)16-24(15-19)32-13-12-28-26(31)22-8-10-23(11-9-22)27-29(25(30)18-33-27)17-21-6-4-3-5-7-21/h3-11,14-16,27H,12-13,17-18H2,1-2H3,(H,28,31). The van der Waals surface area contributed by atoms with Crippen LogP contribution in [0.5, 0.6) is 5.75 Å². The summed E-state index contributed by atoms with van der Waals surface area (Å²) in [6.07, 6.45) is 0. The first-order valence-electron chi connectivity index (χ1n) is 11.0. The van der Waals surface area contributed by atoms with Crippen molar-refractivity contribution in [3.63, 3.8) is 0 Å². The van der Waals surface area contributed by atoms with E-state index < -0.39 is 0 Å². The van der Waals surface area contributed by atoms with Gasteiger partial charge in [0, 0.05) is 12.1 Å². The molecule has 0 spiro atoms. The number of nitrogens with one attached hydrogen (secondary N) is 1. The Morgan fingerprint density at radius 2 is 1.73 bits per heavy atom. The van der Waals surface area contributed by atoms with E-state index in [4.69, 9.17) is 4.74 Å². The summed E-state index contributed by atoms with van der Waals surface area (Å²) in [4.78, 5) is 26.9. The molecular formula is C27H28N2O3S. The van der Waals surface area contributed by atoms with Gasteiger partial charge in [-0.25, -0.2) is 0 Å². The fourth-order valence-corrected chi connectivity index (χ4v) is 5.12. The Morgan fingerprint density at radius 3 is 2.42 bits per heavy atom. The molecule has 3 aromatic carbocycles. The van der Waals surface area contributed by atoms with E-state index in [1.807, 2.05) is 85.5 Å². The lowest BCUT2D eigenvalue weighted by atomic mass is 10.1. The van der Waals surface area contributed by atoms with E-state index >= 15 is 0 Å². The highest BCUT2D eigenvalue weighted by molar-refractivity contribution is 8.00. The van der Waals surface area contributed by atoms with Crippen molar-refractivity contribution in [3.05, 3.63) is 101 Å². The zero-order chi connectivity index (χ0) is 23.2. The summed E-state index contributed by atoms with van der Waals surface area (Å²) in [5.41, 5.74) is 5.03. The van der Waals surface area contributed by atoms with Crippen molar-refractivity contribution in [2.75, 3.05) is 18.9 Å². The van der Waals surface area contributed by atoms with Gasteiger partial charge in [0.15, 0.2) is 0 Å². The Kier molecular flexibility index (Phi) is 7.35. The Hall–Kier alpha value is -3.25. The lowest BCUT2D eigenvalue weighted by molar-refractivity contribution is -0.128. The molecule has 4 rings (SSSR count). The van der Waals surface area contributed by atoms with Gasteiger partial charge in [0.1, 0.15) is 17.7 Å². The lowest BCUT2D eigenvalue weighted by Crippen LogP contribution is -2.28. The Bertz CT molecular complexity index is 1100. The second-order valence-electron chi connectivity index (χ2n) is 8.22. The number of amides is 2. The van der Waals surface area contributed by atoms with E-state index in [0.717, 1.165) is 28.0 Å². The largest absolute Gasteiger partial charge is 0.492 e. The molecule has 0 aromatic heterocycles. The van der Waals surface area contributed by atoms with E-state index in [1.165, 1.54) is 0 Å². The molecule has 5 nitrogen and oxygen atoms in total. The maximum atomic E-state index is 12.5. The quantitative estimate of drug-likeness (QED) is 0.487. The van der Waals surface area contributed by atoms with Crippen LogP contribution in [0, 0.1) is 13.8 Å². The third kappa shape index (κ3) is 5.96. The number of rotatable bonds is 8. The number of nitrogens with zero attached hydrogens (tertiary/aromatic N) is 1. The minimum Gasteiger partial charge on any atom is -0.492 e. The molecule has 0 bridgehead atoms. The third-order valence-electron chi connectivity index (χ3n) is 5.47.